The fourth-order valence-electron chi connectivity index (χ4n) is 3.24. The van der Waals surface area contributed by atoms with Crippen molar-refractivity contribution in [1.82, 2.24) is 25.0 Å². The third kappa shape index (κ3) is 5.30. The van der Waals surface area contributed by atoms with Crippen molar-refractivity contribution < 1.29 is 22.5 Å². The van der Waals surface area contributed by atoms with E-state index in [-0.39, 0.29) is 41.1 Å². The van der Waals surface area contributed by atoms with Gasteiger partial charge in [0, 0.05) is 45.2 Å². The van der Waals surface area contributed by atoms with Gasteiger partial charge in [-0.3, -0.25) is 14.5 Å². The van der Waals surface area contributed by atoms with Crippen LogP contribution in [0.3, 0.4) is 0 Å². The van der Waals surface area contributed by atoms with Gasteiger partial charge in [0.25, 0.3) is 0 Å². The summed E-state index contributed by atoms with van der Waals surface area (Å²) < 4.78 is 32.0. The molecule has 1 aliphatic heterocycles. The summed E-state index contributed by atoms with van der Waals surface area (Å²) in [6.07, 6.45) is 2.20. The molecule has 28 heavy (non-hydrogen) atoms. The van der Waals surface area contributed by atoms with Gasteiger partial charge in [0.2, 0.25) is 21.8 Å². The highest BCUT2D eigenvalue weighted by Gasteiger charge is 2.27. The number of amides is 2. The van der Waals surface area contributed by atoms with Gasteiger partial charge < -0.3 is 14.7 Å². The van der Waals surface area contributed by atoms with Crippen molar-refractivity contribution in [1.29, 1.82) is 0 Å². The van der Waals surface area contributed by atoms with E-state index in [2.05, 4.69) is 15.2 Å². The molecule has 10 nitrogen and oxygen atoms in total. The maximum absolute atomic E-state index is 12.3. The first-order valence-electron chi connectivity index (χ1n) is 9.48. The first kappa shape index (κ1) is 20.7. The SMILES string of the molecule is Cc1noc(C)c1S(=O)(=O)NCCC(=O)N1CCN(CC(=O)NC2CC2)CC1. The zero-order valence-electron chi connectivity index (χ0n) is 16.2. The summed E-state index contributed by atoms with van der Waals surface area (Å²) in [6.45, 7) is 5.79. The predicted molar refractivity (Wildman–Crippen MR) is 100.0 cm³/mol. The Bertz CT molecular complexity index is 805. The normalized spacial score (nSPS) is 18.3. The van der Waals surface area contributed by atoms with Crippen LogP contribution >= 0.6 is 0 Å². The highest BCUT2D eigenvalue weighted by molar-refractivity contribution is 7.89. The maximum atomic E-state index is 12.3. The van der Waals surface area contributed by atoms with E-state index in [1.807, 2.05) is 4.90 Å². The number of carbonyl (C=O) groups excluding carboxylic acids is 2. The second-order valence-electron chi connectivity index (χ2n) is 7.30. The predicted octanol–water partition coefficient (Wildman–Crippen LogP) is -0.617. The summed E-state index contributed by atoms with van der Waals surface area (Å²) in [5.41, 5.74) is 0.290. The molecule has 1 saturated carbocycles. The molecule has 0 aromatic carbocycles. The molecule has 1 aromatic rings. The van der Waals surface area contributed by atoms with Gasteiger partial charge in [0.1, 0.15) is 10.6 Å². The number of piperazine rings is 1. The average Bonchev–Trinajstić information content (AvgIpc) is 3.37. The van der Waals surface area contributed by atoms with E-state index in [1.54, 1.807) is 11.8 Å². The molecule has 1 aromatic heterocycles. The lowest BCUT2D eigenvalue weighted by Gasteiger charge is -2.34. The van der Waals surface area contributed by atoms with Crippen LogP contribution in [0.4, 0.5) is 0 Å². The van der Waals surface area contributed by atoms with Gasteiger partial charge in [-0.15, -0.1) is 0 Å². The first-order chi connectivity index (χ1) is 13.3. The number of hydrogen-bond donors (Lipinski definition) is 2. The molecule has 2 heterocycles. The van der Waals surface area contributed by atoms with Crippen molar-refractivity contribution in [2.75, 3.05) is 39.3 Å². The molecule has 156 valence electrons. The monoisotopic (exact) mass is 413 g/mol. The van der Waals surface area contributed by atoms with Crippen LogP contribution in [-0.4, -0.2) is 80.5 Å². The largest absolute Gasteiger partial charge is 0.360 e. The maximum Gasteiger partial charge on any atom is 0.245 e. The van der Waals surface area contributed by atoms with E-state index in [0.29, 0.717) is 38.8 Å². The molecule has 2 N–H and O–H groups in total. The average molecular weight is 414 g/mol. The lowest BCUT2D eigenvalue weighted by Crippen LogP contribution is -2.51. The van der Waals surface area contributed by atoms with E-state index >= 15 is 0 Å². The van der Waals surface area contributed by atoms with E-state index < -0.39 is 10.0 Å². The Morgan fingerprint density at radius 1 is 1.18 bits per heavy atom. The number of carbonyl (C=O) groups is 2. The van der Waals surface area contributed by atoms with Gasteiger partial charge in [0.05, 0.1) is 6.54 Å². The molecule has 0 atom stereocenters. The Kier molecular flexibility index (Phi) is 6.36. The molecule has 3 rings (SSSR count). The third-order valence-electron chi connectivity index (χ3n) is 4.90. The molecule has 0 spiro atoms. The van der Waals surface area contributed by atoms with Crippen molar-refractivity contribution in [2.45, 2.75) is 44.0 Å². The third-order valence-corrected chi connectivity index (χ3v) is 6.61. The molecule has 2 aliphatic rings. The standard InChI is InChI=1S/C17H27N5O5S/c1-12-17(13(2)27-20-12)28(25,26)18-6-5-16(24)22-9-7-21(8-10-22)11-15(23)19-14-3-4-14/h14,18H,3-11H2,1-2H3,(H,19,23). The van der Waals surface area contributed by atoms with Crippen LogP contribution in [0.2, 0.25) is 0 Å². The van der Waals surface area contributed by atoms with E-state index in [9.17, 15) is 18.0 Å². The second kappa shape index (κ2) is 8.58. The summed E-state index contributed by atoms with van der Waals surface area (Å²) in [5, 5.41) is 6.60. The van der Waals surface area contributed by atoms with Gasteiger partial charge in [0.15, 0.2) is 5.76 Å². The van der Waals surface area contributed by atoms with Crippen LogP contribution < -0.4 is 10.0 Å². The van der Waals surface area contributed by atoms with Crippen LogP contribution in [-0.2, 0) is 19.6 Å². The lowest BCUT2D eigenvalue weighted by molar-refractivity contribution is -0.133. The van der Waals surface area contributed by atoms with Gasteiger partial charge in [-0.25, -0.2) is 13.1 Å². The van der Waals surface area contributed by atoms with Crippen LogP contribution in [0.15, 0.2) is 9.42 Å². The molecule has 0 unspecified atom stereocenters. The van der Waals surface area contributed by atoms with Gasteiger partial charge in [-0.2, -0.15) is 0 Å². The molecule has 2 amide bonds. The Hall–Kier alpha value is -1.98. The van der Waals surface area contributed by atoms with Crippen molar-refractivity contribution in [3.63, 3.8) is 0 Å². The minimum atomic E-state index is -3.76. The fraction of sp³-hybridized carbons (Fsp3) is 0.706. The van der Waals surface area contributed by atoms with Crippen LogP contribution in [0.1, 0.15) is 30.7 Å². The Balaban J connectivity index is 1.39. The summed E-state index contributed by atoms with van der Waals surface area (Å²) >= 11 is 0. The van der Waals surface area contributed by atoms with E-state index in [1.165, 1.54) is 6.92 Å². The minimum Gasteiger partial charge on any atom is -0.360 e. The van der Waals surface area contributed by atoms with Crippen molar-refractivity contribution >= 4 is 21.8 Å². The fourth-order valence-corrected chi connectivity index (χ4v) is 4.60. The molecular formula is C17H27N5O5S. The van der Waals surface area contributed by atoms with Gasteiger partial charge in [-0.1, -0.05) is 5.16 Å². The minimum absolute atomic E-state index is 0.00916. The number of rotatable bonds is 8. The zero-order chi connectivity index (χ0) is 20.3. The zero-order valence-corrected chi connectivity index (χ0v) is 17.0. The summed E-state index contributed by atoms with van der Waals surface area (Å²) in [4.78, 5) is 28.0. The molecule has 2 fully saturated rings. The highest BCUT2D eigenvalue weighted by atomic mass is 32.2. The quantitative estimate of drug-likeness (QED) is 0.582. The number of aromatic nitrogens is 1. The molecule has 1 aliphatic carbocycles. The Labute approximate surface area is 164 Å². The molecule has 0 radical (unpaired) electrons. The number of aryl methyl sites for hydroxylation is 2. The second-order valence-corrected chi connectivity index (χ2v) is 9.00. The molecule has 1 saturated heterocycles. The number of nitrogens with one attached hydrogen (secondary N) is 2. The van der Waals surface area contributed by atoms with Crippen molar-refractivity contribution in [2.24, 2.45) is 0 Å². The lowest BCUT2D eigenvalue weighted by atomic mass is 10.2. The van der Waals surface area contributed by atoms with Gasteiger partial charge in [-0.05, 0) is 26.7 Å². The number of nitrogens with zero attached hydrogens (tertiary/aromatic N) is 3. The summed E-state index contributed by atoms with van der Waals surface area (Å²) in [5.74, 6) is 0.151. The van der Waals surface area contributed by atoms with Gasteiger partial charge >= 0.3 is 0 Å². The summed E-state index contributed by atoms with van der Waals surface area (Å²) in [7, 11) is -3.76. The van der Waals surface area contributed by atoms with E-state index in [4.69, 9.17) is 4.52 Å². The molecular weight excluding hydrogens is 386 g/mol. The first-order valence-corrected chi connectivity index (χ1v) is 11.0. The number of hydrogen-bond acceptors (Lipinski definition) is 7. The van der Waals surface area contributed by atoms with Crippen molar-refractivity contribution in [3.05, 3.63) is 11.5 Å². The van der Waals surface area contributed by atoms with Crippen LogP contribution in [0.5, 0.6) is 0 Å². The Morgan fingerprint density at radius 2 is 1.86 bits per heavy atom. The summed E-state index contributed by atoms with van der Waals surface area (Å²) in [6, 6.07) is 0.351. The smallest absolute Gasteiger partial charge is 0.245 e. The molecule has 11 heteroatoms. The van der Waals surface area contributed by atoms with Crippen LogP contribution in [0, 0.1) is 13.8 Å². The van der Waals surface area contributed by atoms with Crippen molar-refractivity contribution in [3.8, 4) is 0 Å². The topological polar surface area (TPSA) is 125 Å². The molecule has 0 bridgehead atoms. The van der Waals surface area contributed by atoms with Crippen LogP contribution in [0.25, 0.3) is 0 Å². The van der Waals surface area contributed by atoms with E-state index in [0.717, 1.165) is 12.8 Å². The Morgan fingerprint density at radius 3 is 2.43 bits per heavy atom. The highest BCUT2D eigenvalue weighted by Crippen LogP contribution is 2.19. The number of sulfonamides is 1.